The first-order chi connectivity index (χ1) is 16.7. The molecule has 4 rings (SSSR count). The number of esters is 1. The summed E-state index contributed by atoms with van der Waals surface area (Å²) in [4.78, 5) is 26.1. The van der Waals surface area contributed by atoms with E-state index < -0.39 is 11.4 Å². The van der Waals surface area contributed by atoms with Crippen LogP contribution in [0.1, 0.15) is 37.5 Å². The van der Waals surface area contributed by atoms with E-state index in [4.69, 9.17) is 13.9 Å². The third-order valence-electron chi connectivity index (χ3n) is 5.75. The summed E-state index contributed by atoms with van der Waals surface area (Å²) in [6.07, 6.45) is 2.97. The summed E-state index contributed by atoms with van der Waals surface area (Å²) in [6, 6.07) is 20.3. The molecule has 0 bridgehead atoms. The molecule has 5 heteroatoms. The van der Waals surface area contributed by atoms with Gasteiger partial charge in [-0.1, -0.05) is 56.7 Å². The number of methoxy groups -OCH3 is 1. The van der Waals surface area contributed by atoms with Crippen LogP contribution in [-0.2, 0) is 10.2 Å². The minimum atomic E-state index is -0.668. The highest BCUT2D eigenvalue weighted by molar-refractivity contribution is 5.91. The summed E-state index contributed by atoms with van der Waals surface area (Å²) in [5.41, 5.74) is 3.60. The maximum atomic E-state index is 13.4. The maximum Gasteiger partial charge on any atom is 0.336 e. The molecule has 0 atom stereocenters. The molecule has 3 aromatic carbocycles. The minimum absolute atomic E-state index is 0.0432. The monoisotopic (exact) mass is 468 g/mol. The van der Waals surface area contributed by atoms with Crippen LogP contribution in [0.2, 0.25) is 0 Å². The third kappa shape index (κ3) is 5.35. The van der Waals surface area contributed by atoms with Crippen molar-refractivity contribution in [2.24, 2.45) is 0 Å². The van der Waals surface area contributed by atoms with Crippen molar-refractivity contribution in [2.75, 3.05) is 7.11 Å². The summed E-state index contributed by atoms with van der Waals surface area (Å²) in [7, 11) is 1.57. The van der Waals surface area contributed by atoms with E-state index in [1.165, 1.54) is 11.6 Å². The Kier molecular flexibility index (Phi) is 6.61. The number of rotatable bonds is 5. The van der Waals surface area contributed by atoms with Gasteiger partial charge in [-0.2, -0.15) is 0 Å². The van der Waals surface area contributed by atoms with E-state index in [-0.39, 0.29) is 16.9 Å². The minimum Gasteiger partial charge on any atom is -0.497 e. The highest BCUT2D eigenvalue weighted by atomic mass is 16.5. The van der Waals surface area contributed by atoms with Gasteiger partial charge in [-0.3, -0.25) is 4.79 Å². The van der Waals surface area contributed by atoms with Crippen LogP contribution in [0.15, 0.2) is 82.0 Å². The lowest BCUT2D eigenvalue weighted by molar-refractivity contribution is -0.129. The maximum absolute atomic E-state index is 13.4. The van der Waals surface area contributed by atoms with Gasteiger partial charge < -0.3 is 13.9 Å². The van der Waals surface area contributed by atoms with E-state index in [0.29, 0.717) is 22.3 Å². The van der Waals surface area contributed by atoms with Gasteiger partial charge in [0.25, 0.3) is 0 Å². The molecule has 35 heavy (non-hydrogen) atoms. The fourth-order valence-corrected chi connectivity index (χ4v) is 3.71. The average molecular weight is 469 g/mol. The zero-order valence-corrected chi connectivity index (χ0v) is 20.5. The highest BCUT2D eigenvalue weighted by Crippen LogP contribution is 2.32. The highest BCUT2D eigenvalue weighted by Gasteiger charge is 2.20. The van der Waals surface area contributed by atoms with Gasteiger partial charge in [-0.05, 0) is 65.9 Å². The number of benzene rings is 3. The smallest absolute Gasteiger partial charge is 0.336 e. The Hall–Kier alpha value is -4.12. The molecular weight excluding hydrogens is 440 g/mol. The molecule has 0 unspecified atom stereocenters. The fraction of sp³-hybridized carbons (Fsp3) is 0.200. The van der Waals surface area contributed by atoms with Gasteiger partial charge in [0, 0.05) is 11.6 Å². The van der Waals surface area contributed by atoms with E-state index in [2.05, 4.69) is 20.8 Å². The van der Waals surface area contributed by atoms with Crippen molar-refractivity contribution < 1.29 is 18.7 Å². The van der Waals surface area contributed by atoms with Gasteiger partial charge in [0.05, 0.1) is 12.5 Å². The molecule has 0 aliphatic heterocycles. The molecule has 0 aliphatic carbocycles. The van der Waals surface area contributed by atoms with Crippen LogP contribution in [0, 0.1) is 6.92 Å². The quantitative estimate of drug-likeness (QED) is 0.241. The van der Waals surface area contributed by atoms with Crippen LogP contribution in [-0.4, -0.2) is 13.1 Å². The van der Waals surface area contributed by atoms with Crippen molar-refractivity contribution >= 4 is 23.0 Å². The van der Waals surface area contributed by atoms with E-state index in [0.717, 1.165) is 11.1 Å². The average Bonchev–Trinajstić information content (AvgIpc) is 2.84. The Morgan fingerprint density at radius 1 is 0.943 bits per heavy atom. The van der Waals surface area contributed by atoms with Gasteiger partial charge in [0.2, 0.25) is 11.2 Å². The molecule has 0 aliphatic rings. The summed E-state index contributed by atoms with van der Waals surface area (Å²) >= 11 is 0. The molecule has 0 saturated carbocycles. The molecule has 178 valence electrons. The van der Waals surface area contributed by atoms with E-state index >= 15 is 0 Å². The van der Waals surface area contributed by atoms with Gasteiger partial charge in [0.1, 0.15) is 11.3 Å². The molecule has 0 radical (unpaired) electrons. The second-order valence-electron chi connectivity index (χ2n) is 9.44. The molecule has 0 N–H and O–H groups in total. The topological polar surface area (TPSA) is 65.7 Å². The number of ether oxygens (including phenoxy) is 2. The molecule has 0 saturated heterocycles. The lowest BCUT2D eigenvalue weighted by Gasteiger charge is -2.18. The molecular formula is C30H28O5. The number of fused-ring (bicyclic) bond motifs is 1. The van der Waals surface area contributed by atoms with Crippen LogP contribution in [0.5, 0.6) is 11.5 Å². The van der Waals surface area contributed by atoms with Crippen LogP contribution in [0.25, 0.3) is 28.4 Å². The van der Waals surface area contributed by atoms with Gasteiger partial charge in [-0.25, -0.2) is 4.79 Å². The van der Waals surface area contributed by atoms with Gasteiger partial charge >= 0.3 is 5.97 Å². The van der Waals surface area contributed by atoms with Crippen molar-refractivity contribution in [1.82, 2.24) is 0 Å². The number of hydrogen-bond donors (Lipinski definition) is 0. The Labute approximate surface area is 204 Å². The molecule has 0 fully saturated rings. The summed E-state index contributed by atoms with van der Waals surface area (Å²) < 4.78 is 16.8. The van der Waals surface area contributed by atoms with E-state index in [9.17, 15) is 9.59 Å². The van der Waals surface area contributed by atoms with Crippen LogP contribution >= 0.6 is 0 Å². The van der Waals surface area contributed by atoms with Gasteiger partial charge in [0.15, 0.2) is 5.76 Å². The normalized spacial score (nSPS) is 11.7. The Balaban J connectivity index is 1.70. The van der Waals surface area contributed by atoms with E-state index in [1.54, 1.807) is 49.6 Å². The zero-order valence-electron chi connectivity index (χ0n) is 20.5. The van der Waals surface area contributed by atoms with Crippen LogP contribution in [0.4, 0.5) is 0 Å². The lowest BCUT2D eigenvalue weighted by Crippen LogP contribution is -2.14. The second-order valence-corrected chi connectivity index (χ2v) is 9.44. The van der Waals surface area contributed by atoms with Crippen molar-refractivity contribution in [3.63, 3.8) is 0 Å². The molecule has 5 nitrogen and oxygen atoms in total. The predicted molar refractivity (Wildman–Crippen MR) is 139 cm³/mol. The zero-order chi connectivity index (χ0) is 25.2. The molecule has 1 heterocycles. The number of aryl methyl sites for hydroxylation is 1. The fourth-order valence-electron chi connectivity index (χ4n) is 3.71. The first kappa shape index (κ1) is 24.0. The SMILES string of the molecule is COc1ccc(-c2oc3ccc(C)cc3c(=O)c2OC(=O)/C=C/c2ccc(C(C)(C)C)cc2)cc1. The lowest BCUT2D eigenvalue weighted by atomic mass is 9.87. The number of carbonyl (C=O) groups is 1. The summed E-state index contributed by atoms with van der Waals surface area (Å²) in [5.74, 6) is 0.0294. The van der Waals surface area contributed by atoms with Crippen molar-refractivity contribution in [3.8, 4) is 22.8 Å². The summed E-state index contributed by atoms with van der Waals surface area (Å²) in [5, 5.41) is 0.354. The van der Waals surface area contributed by atoms with Crippen molar-refractivity contribution in [2.45, 2.75) is 33.1 Å². The Morgan fingerprint density at radius 3 is 2.26 bits per heavy atom. The predicted octanol–water partition coefficient (Wildman–Crippen LogP) is 6.69. The van der Waals surface area contributed by atoms with Crippen LogP contribution in [0.3, 0.4) is 0 Å². The third-order valence-corrected chi connectivity index (χ3v) is 5.75. The van der Waals surface area contributed by atoms with Gasteiger partial charge in [-0.15, -0.1) is 0 Å². The molecule has 0 spiro atoms. The number of carbonyl (C=O) groups excluding carboxylic acids is 1. The first-order valence-corrected chi connectivity index (χ1v) is 11.4. The second kappa shape index (κ2) is 9.63. The largest absolute Gasteiger partial charge is 0.497 e. The Bertz CT molecular complexity index is 1450. The van der Waals surface area contributed by atoms with E-state index in [1.807, 2.05) is 37.3 Å². The molecule has 1 aromatic heterocycles. The van der Waals surface area contributed by atoms with Crippen molar-refractivity contribution in [3.05, 3.63) is 99.7 Å². The first-order valence-electron chi connectivity index (χ1n) is 11.4. The Morgan fingerprint density at radius 2 is 1.63 bits per heavy atom. The van der Waals surface area contributed by atoms with Crippen LogP contribution < -0.4 is 14.9 Å². The molecule has 4 aromatic rings. The standard InChI is InChI=1S/C30H28O5/c1-19-6-16-25-24(18-19)27(32)29(28(34-25)21-10-14-23(33-5)15-11-21)35-26(31)17-9-20-7-12-22(13-8-20)30(2,3)4/h6-18H,1-5H3/b17-9+. The van der Waals surface area contributed by atoms with Crippen molar-refractivity contribution in [1.29, 1.82) is 0 Å². The number of hydrogen-bond acceptors (Lipinski definition) is 5. The molecule has 0 amide bonds. The summed E-state index contributed by atoms with van der Waals surface area (Å²) in [6.45, 7) is 8.32.